The summed E-state index contributed by atoms with van der Waals surface area (Å²) in [6.45, 7) is 5.29. The molecule has 0 unspecified atom stereocenters. The molecule has 0 spiro atoms. The van der Waals surface area contributed by atoms with Gasteiger partial charge in [-0.2, -0.15) is 4.98 Å². The number of aromatic nitrogens is 2. The van der Waals surface area contributed by atoms with Gasteiger partial charge < -0.3 is 25.2 Å². The van der Waals surface area contributed by atoms with Gasteiger partial charge in [0.05, 0.1) is 12.0 Å². The van der Waals surface area contributed by atoms with E-state index in [9.17, 15) is 14.7 Å². The fourth-order valence-corrected chi connectivity index (χ4v) is 2.76. The van der Waals surface area contributed by atoms with Crippen LogP contribution >= 0.6 is 0 Å². The van der Waals surface area contributed by atoms with Gasteiger partial charge in [0.25, 0.3) is 5.91 Å². The van der Waals surface area contributed by atoms with Crippen molar-refractivity contribution in [2.75, 3.05) is 32.8 Å². The Morgan fingerprint density at radius 3 is 2.30 bits per heavy atom. The second kappa shape index (κ2) is 7.36. The van der Waals surface area contributed by atoms with Crippen molar-refractivity contribution in [2.24, 2.45) is 5.73 Å². The SMILES string of the molecule is CC(C)(CO)c1nc(-c2ccc(C(=O)N3CCN(C(N)=O)CC3)cc2)no1. The van der Waals surface area contributed by atoms with Gasteiger partial charge in [-0.05, 0) is 26.0 Å². The minimum atomic E-state index is -0.617. The molecule has 144 valence electrons. The number of hydrogen-bond donors (Lipinski definition) is 2. The Bertz CT molecular complexity index is 823. The normalized spacial score (nSPS) is 15.1. The number of urea groups is 1. The van der Waals surface area contributed by atoms with E-state index in [2.05, 4.69) is 10.1 Å². The topological polar surface area (TPSA) is 126 Å². The molecule has 1 aliphatic heterocycles. The van der Waals surface area contributed by atoms with Gasteiger partial charge in [0, 0.05) is 37.3 Å². The maximum atomic E-state index is 12.6. The lowest BCUT2D eigenvalue weighted by Gasteiger charge is -2.33. The molecule has 27 heavy (non-hydrogen) atoms. The van der Waals surface area contributed by atoms with Crippen LogP contribution in [0.5, 0.6) is 0 Å². The molecule has 1 aromatic carbocycles. The third-order valence-electron chi connectivity index (χ3n) is 4.67. The highest BCUT2D eigenvalue weighted by Gasteiger charge is 2.27. The molecule has 0 radical (unpaired) electrons. The van der Waals surface area contributed by atoms with Crippen molar-refractivity contribution in [3.8, 4) is 11.4 Å². The predicted octanol–water partition coefficient (Wildman–Crippen LogP) is 0.843. The van der Waals surface area contributed by atoms with Crippen LogP contribution in [0, 0.1) is 0 Å². The fraction of sp³-hybridized carbons (Fsp3) is 0.444. The minimum Gasteiger partial charge on any atom is -0.395 e. The van der Waals surface area contributed by atoms with Crippen LogP contribution in [0.3, 0.4) is 0 Å². The number of piperazine rings is 1. The number of hydrogen-bond acceptors (Lipinski definition) is 6. The summed E-state index contributed by atoms with van der Waals surface area (Å²) in [7, 11) is 0. The molecule has 1 aliphatic rings. The van der Waals surface area contributed by atoms with E-state index in [0.29, 0.717) is 49.0 Å². The number of nitrogens with two attached hydrogens (primary N) is 1. The zero-order valence-electron chi connectivity index (χ0n) is 15.4. The van der Waals surface area contributed by atoms with Gasteiger partial charge >= 0.3 is 6.03 Å². The average molecular weight is 373 g/mol. The highest BCUT2D eigenvalue weighted by molar-refractivity contribution is 5.94. The molecule has 2 aromatic rings. The smallest absolute Gasteiger partial charge is 0.314 e. The van der Waals surface area contributed by atoms with Crippen LogP contribution in [0.2, 0.25) is 0 Å². The van der Waals surface area contributed by atoms with E-state index >= 15 is 0 Å². The highest BCUT2D eigenvalue weighted by Crippen LogP contribution is 2.24. The molecule has 3 rings (SSSR count). The Hall–Kier alpha value is -2.94. The zero-order chi connectivity index (χ0) is 19.6. The second-order valence-electron chi connectivity index (χ2n) is 7.16. The van der Waals surface area contributed by atoms with Crippen molar-refractivity contribution in [2.45, 2.75) is 19.3 Å². The molecule has 1 aromatic heterocycles. The minimum absolute atomic E-state index is 0.0964. The van der Waals surface area contributed by atoms with Gasteiger partial charge in [-0.1, -0.05) is 17.3 Å². The number of rotatable bonds is 4. The van der Waals surface area contributed by atoms with E-state index in [1.54, 1.807) is 29.2 Å². The first-order valence-electron chi connectivity index (χ1n) is 8.71. The Morgan fingerprint density at radius 2 is 1.74 bits per heavy atom. The van der Waals surface area contributed by atoms with E-state index in [4.69, 9.17) is 10.3 Å². The largest absolute Gasteiger partial charge is 0.395 e. The van der Waals surface area contributed by atoms with Crippen LogP contribution in [0.1, 0.15) is 30.1 Å². The summed E-state index contributed by atoms with van der Waals surface area (Å²) in [5.74, 6) is 0.661. The molecule has 0 aliphatic carbocycles. The number of primary amides is 1. The summed E-state index contributed by atoms with van der Waals surface area (Å²) in [5, 5.41) is 13.3. The van der Waals surface area contributed by atoms with Crippen LogP contribution in [-0.4, -0.2) is 69.8 Å². The van der Waals surface area contributed by atoms with Gasteiger partial charge in [0.1, 0.15) is 0 Å². The summed E-state index contributed by atoms with van der Waals surface area (Å²) in [6, 6.07) is 6.48. The maximum absolute atomic E-state index is 12.6. The van der Waals surface area contributed by atoms with E-state index in [1.165, 1.54) is 4.90 Å². The molecule has 0 bridgehead atoms. The third-order valence-corrected chi connectivity index (χ3v) is 4.67. The third kappa shape index (κ3) is 3.92. The highest BCUT2D eigenvalue weighted by atomic mass is 16.5. The van der Waals surface area contributed by atoms with Crippen LogP contribution in [-0.2, 0) is 5.41 Å². The number of carbonyl (C=O) groups excluding carboxylic acids is 2. The number of benzene rings is 1. The van der Waals surface area contributed by atoms with Crippen molar-refractivity contribution in [1.29, 1.82) is 0 Å². The van der Waals surface area contributed by atoms with E-state index in [1.807, 2.05) is 13.8 Å². The molecule has 9 nitrogen and oxygen atoms in total. The van der Waals surface area contributed by atoms with Crippen LogP contribution in [0.25, 0.3) is 11.4 Å². The molecule has 0 saturated carbocycles. The standard InChI is InChI=1S/C18H23N5O4/c1-18(2,11-24)16-20-14(21-27-16)12-3-5-13(6-4-12)15(25)22-7-9-23(10-8-22)17(19)26/h3-6,24H,7-11H2,1-2H3,(H2,19,26). The molecular formula is C18H23N5O4. The number of carbonyl (C=O) groups is 2. The first-order valence-corrected chi connectivity index (χ1v) is 8.71. The van der Waals surface area contributed by atoms with Crippen LogP contribution in [0.15, 0.2) is 28.8 Å². The molecule has 9 heteroatoms. The molecule has 0 atom stereocenters. The summed E-state index contributed by atoms with van der Waals surface area (Å²) in [6.07, 6.45) is 0. The van der Waals surface area contributed by atoms with Crippen molar-refractivity contribution < 1.29 is 19.2 Å². The summed E-state index contributed by atoms with van der Waals surface area (Å²) in [5.41, 5.74) is 5.91. The number of aliphatic hydroxyl groups is 1. The van der Waals surface area contributed by atoms with E-state index < -0.39 is 11.4 Å². The van der Waals surface area contributed by atoms with Gasteiger partial charge in [0.2, 0.25) is 11.7 Å². The van der Waals surface area contributed by atoms with Gasteiger partial charge in [0.15, 0.2) is 0 Å². The fourth-order valence-electron chi connectivity index (χ4n) is 2.76. The number of nitrogens with zero attached hydrogens (tertiary/aromatic N) is 4. The Morgan fingerprint density at radius 1 is 1.15 bits per heavy atom. The van der Waals surface area contributed by atoms with Gasteiger partial charge in [-0.3, -0.25) is 4.79 Å². The predicted molar refractivity (Wildman–Crippen MR) is 96.9 cm³/mol. The zero-order valence-corrected chi connectivity index (χ0v) is 15.4. The Labute approximate surface area is 156 Å². The summed E-state index contributed by atoms with van der Waals surface area (Å²) < 4.78 is 5.24. The van der Waals surface area contributed by atoms with Gasteiger partial charge in [-0.15, -0.1) is 0 Å². The molecule has 2 heterocycles. The quantitative estimate of drug-likeness (QED) is 0.818. The molecule has 3 amide bonds. The monoisotopic (exact) mass is 373 g/mol. The lowest BCUT2D eigenvalue weighted by atomic mass is 9.95. The lowest BCUT2D eigenvalue weighted by Crippen LogP contribution is -2.52. The Kier molecular flexibility index (Phi) is 5.13. The summed E-state index contributed by atoms with van der Waals surface area (Å²) >= 11 is 0. The molecule has 1 fully saturated rings. The van der Waals surface area contributed by atoms with Crippen molar-refractivity contribution in [3.05, 3.63) is 35.7 Å². The lowest BCUT2D eigenvalue weighted by molar-refractivity contribution is 0.0669. The van der Waals surface area contributed by atoms with Crippen molar-refractivity contribution in [3.63, 3.8) is 0 Å². The Balaban J connectivity index is 1.69. The van der Waals surface area contributed by atoms with Crippen molar-refractivity contribution in [1.82, 2.24) is 19.9 Å². The average Bonchev–Trinajstić information content (AvgIpc) is 3.19. The first-order chi connectivity index (χ1) is 12.8. The van der Waals surface area contributed by atoms with Crippen LogP contribution in [0.4, 0.5) is 4.79 Å². The number of amides is 3. The van der Waals surface area contributed by atoms with E-state index in [-0.39, 0.29) is 12.5 Å². The summed E-state index contributed by atoms with van der Waals surface area (Å²) in [4.78, 5) is 31.3. The molecule has 3 N–H and O–H groups in total. The molecular weight excluding hydrogens is 350 g/mol. The van der Waals surface area contributed by atoms with Crippen LogP contribution < -0.4 is 5.73 Å². The van der Waals surface area contributed by atoms with Gasteiger partial charge in [-0.25, -0.2) is 4.79 Å². The second-order valence-corrected chi connectivity index (χ2v) is 7.16. The van der Waals surface area contributed by atoms with E-state index in [0.717, 1.165) is 0 Å². The number of aliphatic hydroxyl groups excluding tert-OH is 1. The molecule has 1 saturated heterocycles. The first kappa shape index (κ1) is 18.8. The van der Waals surface area contributed by atoms with Crippen molar-refractivity contribution >= 4 is 11.9 Å². The maximum Gasteiger partial charge on any atom is 0.314 e.